The molecule has 0 aliphatic heterocycles. The maximum Gasteiger partial charge on any atom is 0.272 e. The molecule has 0 heterocycles. The van der Waals surface area contributed by atoms with Crippen molar-refractivity contribution in [3.63, 3.8) is 0 Å². The molecule has 39 heavy (non-hydrogen) atoms. The summed E-state index contributed by atoms with van der Waals surface area (Å²) in [7, 11) is 3.06. The number of amides is 2. The number of benzene rings is 4. The number of anilines is 1. The number of thioether (sulfide) groups is 1. The maximum absolute atomic E-state index is 14.0. The van der Waals surface area contributed by atoms with Crippen LogP contribution in [-0.2, 0) is 10.5 Å². The van der Waals surface area contributed by atoms with Gasteiger partial charge < -0.3 is 20.1 Å². The molecular weight excluding hydrogens is 515 g/mol. The molecule has 0 aliphatic carbocycles. The quantitative estimate of drug-likeness (QED) is 0.176. The molecule has 0 aromatic heterocycles. The van der Waals surface area contributed by atoms with Gasteiger partial charge in [-0.25, -0.2) is 4.39 Å². The molecule has 0 fully saturated rings. The first kappa shape index (κ1) is 27.5. The smallest absolute Gasteiger partial charge is 0.272 e. The summed E-state index contributed by atoms with van der Waals surface area (Å²) in [6.45, 7) is 0. The molecule has 0 unspecified atom stereocenters. The van der Waals surface area contributed by atoms with Gasteiger partial charge in [-0.1, -0.05) is 42.5 Å². The minimum absolute atomic E-state index is 0.0248. The fraction of sp³-hybridized carbons (Fsp3) is 0.0968. The molecular formula is C31H27FN2O4S. The average Bonchev–Trinajstić information content (AvgIpc) is 2.97. The van der Waals surface area contributed by atoms with Crippen molar-refractivity contribution in [2.24, 2.45) is 0 Å². The number of halogens is 1. The van der Waals surface area contributed by atoms with Crippen molar-refractivity contribution in [2.45, 2.75) is 10.6 Å². The molecule has 0 saturated heterocycles. The number of nitrogens with one attached hydrogen (secondary N) is 2. The van der Waals surface area contributed by atoms with Crippen LogP contribution in [0.4, 0.5) is 10.1 Å². The Balaban J connectivity index is 1.58. The number of hydrogen-bond donors (Lipinski definition) is 2. The van der Waals surface area contributed by atoms with E-state index in [0.29, 0.717) is 39.6 Å². The molecule has 4 rings (SSSR count). The van der Waals surface area contributed by atoms with Crippen LogP contribution in [0.15, 0.2) is 108 Å². The molecule has 198 valence electrons. The monoisotopic (exact) mass is 542 g/mol. The Morgan fingerprint density at radius 2 is 1.64 bits per heavy atom. The van der Waals surface area contributed by atoms with Crippen LogP contribution in [0.3, 0.4) is 0 Å². The Bertz CT molecular complexity index is 1490. The van der Waals surface area contributed by atoms with E-state index in [1.807, 2.05) is 6.07 Å². The van der Waals surface area contributed by atoms with Gasteiger partial charge in [0.05, 0.1) is 14.2 Å². The van der Waals surface area contributed by atoms with E-state index in [0.717, 1.165) is 4.90 Å². The number of rotatable bonds is 10. The lowest BCUT2D eigenvalue weighted by atomic mass is 10.1. The van der Waals surface area contributed by atoms with Gasteiger partial charge >= 0.3 is 0 Å². The summed E-state index contributed by atoms with van der Waals surface area (Å²) in [5, 5.41) is 5.58. The van der Waals surface area contributed by atoms with Gasteiger partial charge in [-0.3, -0.25) is 9.59 Å². The van der Waals surface area contributed by atoms with Crippen LogP contribution in [0.5, 0.6) is 11.5 Å². The summed E-state index contributed by atoms with van der Waals surface area (Å²) in [4.78, 5) is 27.2. The molecule has 6 nitrogen and oxygen atoms in total. The fourth-order valence-electron chi connectivity index (χ4n) is 3.67. The Morgan fingerprint density at radius 1 is 0.872 bits per heavy atom. The molecule has 0 saturated carbocycles. The summed E-state index contributed by atoms with van der Waals surface area (Å²) in [5.41, 5.74) is 2.13. The van der Waals surface area contributed by atoms with Crippen molar-refractivity contribution in [2.75, 3.05) is 19.5 Å². The molecule has 0 aliphatic rings. The van der Waals surface area contributed by atoms with E-state index in [1.54, 1.807) is 98.1 Å². The largest absolute Gasteiger partial charge is 0.497 e. The minimum Gasteiger partial charge on any atom is -0.497 e. The van der Waals surface area contributed by atoms with Crippen LogP contribution in [0, 0.1) is 5.82 Å². The minimum atomic E-state index is -0.520. The summed E-state index contributed by atoms with van der Waals surface area (Å²) in [5.74, 6) is 0.298. The van der Waals surface area contributed by atoms with Crippen molar-refractivity contribution < 1.29 is 23.5 Å². The van der Waals surface area contributed by atoms with Crippen molar-refractivity contribution in [1.29, 1.82) is 0 Å². The molecule has 2 amide bonds. The Hall–Kier alpha value is -4.56. The summed E-state index contributed by atoms with van der Waals surface area (Å²) in [6.07, 6.45) is 1.55. The van der Waals surface area contributed by atoms with Gasteiger partial charge in [0, 0.05) is 33.5 Å². The predicted octanol–water partition coefficient (Wildman–Crippen LogP) is 6.54. The van der Waals surface area contributed by atoms with Crippen LogP contribution in [0.1, 0.15) is 21.5 Å². The lowest BCUT2D eigenvalue weighted by molar-refractivity contribution is -0.113. The number of carbonyl (C=O) groups excluding carboxylic acids is 2. The van der Waals surface area contributed by atoms with Gasteiger partial charge in [-0.15, -0.1) is 11.8 Å². The van der Waals surface area contributed by atoms with E-state index in [1.165, 1.54) is 24.9 Å². The zero-order valence-electron chi connectivity index (χ0n) is 21.4. The first-order valence-corrected chi connectivity index (χ1v) is 13.0. The second kappa shape index (κ2) is 13.3. The van der Waals surface area contributed by atoms with E-state index in [2.05, 4.69) is 10.6 Å². The van der Waals surface area contributed by atoms with Crippen LogP contribution in [-0.4, -0.2) is 26.0 Å². The molecule has 0 bridgehead atoms. The molecule has 4 aromatic rings. The van der Waals surface area contributed by atoms with Gasteiger partial charge in [0.25, 0.3) is 11.8 Å². The number of ether oxygens (including phenoxy) is 2. The molecule has 0 radical (unpaired) electrons. The average molecular weight is 543 g/mol. The van der Waals surface area contributed by atoms with E-state index in [4.69, 9.17) is 9.47 Å². The van der Waals surface area contributed by atoms with Crippen molar-refractivity contribution in [3.05, 3.63) is 125 Å². The van der Waals surface area contributed by atoms with Crippen LogP contribution in [0.25, 0.3) is 6.08 Å². The zero-order chi connectivity index (χ0) is 27.6. The molecule has 0 atom stereocenters. The molecule has 4 aromatic carbocycles. The van der Waals surface area contributed by atoms with Crippen molar-refractivity contribution >= 4 is 35.3 Å². The first-order valence-electron chi connectivity index (χ1n) is 12.0. The van der Waals surface area contributed by atoms with E-state index in [9.17, 15) is 14.0 Å². The fourth-order valence-corrected chi connectivity index (χ4v) is 4.62. The zero-order valence-corrected chi connectivity index (χ0v) is 22.3. The van der Waals surface area contributed by atoms with E-state index >= 15 is 0 Å². The topological polar surface area (TPSA) is 76.7 Å². The second-order valence-corrected chi connectivity index (χ2v) is 9.40. The predicted molar refractivity (Wildman–Crippen MR) is 152 cm³/mol. The normalized spacial score (nSPS) is 11.0. The molecule has 0 spiro atoms. The summed E-state index contributed by atoms with van der Waals surface area (Å²) in [6, 6.07) is 27.6. The van der Waals surface area contributed by atoms with Gasteiger partial charge in [0.1, 0.15) is 23.0 Å². The van der Waals surface area contributed by atoms with Crippen molar-refractivity contribution in [3.8, 4) is 11.5 Å². The van der Waals surface area contributed by atoms with Gasteiger partial charge in [0.15, 0.2) is 0 Å². The van der Waals surface area contributed by atoms with Gasteiger partial charge in [-0.05, 0) is 60.2 Å². The Morgan fingerprint density at radius 3 is 2.38 bits per heavy atom. The third kappa shape index (κ3) is 7.49. The first-order chi connectivity index (χ1) is 19.0. The van der Waals surface area contributed by atoms with Crippen LogP contribution < -0.4 is 20.1 Å². The standard InChI is InChI=1S/C31H27FN2O4S/c1-37-25-16-15-22(29(19-25)38-2)17-28(34-30(35)21-9-4-3-5-10-21)31(36)33-24-12-8-13-26(18-24)39-20-23-11-6-7-14-27(23)32/h3-19H,20H2,1-2H3,(H,33,36)(H,34,35)/b28-17+. The Labute approximate surface area is 230 Å². The lowest BCUT2D eigenvalue weighted by Gasteiger charge is -2.13. The third-order valence-electron chi connectivity index (χ3n) is 5.71. The van der Waals surface area contributed by atoms with E-state index < -0.39 is 11.8 Å². The number of carbonyl (C=O) groups is 2. The highest BCUT2D eigenvalue weighted by molar-refractivity contribution is 7.98. The lowest BCUT2D eigenvalue weighted by Crippen LogP contribution is -2.30. The number of hydrogen-bond acceptors (Lipinski definition) is 5. The number of methoxy groups -OCH3 is 2. The summed E-state index contributed by atoms with van der Waals surface area (Å²) >= 11 is 1.45. The second-order valence-electron chi connectivity index (χ2n) is 8.35. The SMILES string of the molecule is COc1ccc(/C=C(/NC(=O)c2ccccc2)C(=O)Nc2cccc(SCc3ccccc3F)c2)c(OC)c1. The van der Waals surface area contributed by atoms with Crippen molar-refractivity contribution in [1.82, 2.24) is 5.32 Å². The van der Waals surface area contributed by atoms with E-state index in [-0.39, 0.29) is 11.5 Å². The molecule has 2 N–H and O–H groups in total. The van der Waals surface area contributed by atoms with Gasteiger partial charge in [0.2, 0.25) is 0 Å². The highest BCUT2D eigenvalue weighted by Crippen LogP contribution is 2.28. The maximum atomic E-state index is 14.0. The Kier molecular flexibility index (Phi) is 9.37. The highest BCUT2D eigenvalue weighted by atomic mass is 32.2. The summed E-state index contributed by atoms with van der Waals surface area (Å²) < 4.78 is 24.7. The highest BCUT2D eigenvalue weighted by Gasteiger charge is 2.17. The molecule has 8 heteroatoms. The van der Waals surface area contributed by atoms with Crippen LogP contribution >= 0.6 is 11.8 Å². The van der Waals surface area contributed by atoms with Crippen LogP contribution in [0.2, 0.25) is 0 Å². The van der Waals surface area contributed by atoms with Gasteiger partial charge in [-0.2, -0.15) is 0 Å². The third-order valence-corrected chi connectivity index (χ3v) is 6.76.